The molecule has 114 valence electrons. The van der Waals surface area contributed by atoms with Crippen molar-refractivity contribution < 1.29 is 19.0 Å². The SMILES string of the molecule is O=C(CCCc1ccccc1)OCc1ccc2c(c1)OCO2. The number of benzene rings is 2. The Morgan fingerprint density at radius 3 is 2.68 bits per heavy atom. The van der Waals surface area contributed by atoms with Gasteiger partial charge in [-0.3, -0.25) is 4.79 Å². The van der Waals surface area contributed by atoms with Gasteiger partial charge in [0.25, 0.3) is 0 Å². The Kier molecular flexibility index (Phi) is 4.59. The molecule has 0 bridgehead atoms. The van der Waals surface area contributed by atoms with Crippen LogP contribution in [0.2, 0.25) is 0 Å². The fraction of sp³-hybridized carbons (Fsp3) is 0.278. The normalized spacial score (nSPS) is 12.2. The number of hydrogen-bond donors (Lipinski definition) is 0. The van der Waals surface area contributed by atoms with Crippen LogP contribution in [0.1, 0.15) is 24.0 Å². The monoisotopic (exact) mass is 298 g/mol. The van der Waals surface area contributed by atoms with Crippen molar-refractivity contribution in [3.63, 3.8) is 0 Å². The summed E-state index contributed by atoms with van der Waals surface area (Å²) in [5.41, 5.74) is 2.15. The number of hydrogen-bond acceptors (Lipinski definition) is 4. The summed E-state index contributed by atoms with van der Waals surface area (Å²) >= 11 is 0. The number of esters is 1. The molecule has 0 N–H and O–H groups in total. The third kappa shape index (κ3) is 3.79. The van der Waals surface area contributed by atoms with Crippen LogP contribution in [0, 0.1) is 0 Å². The van der Waals surface area contributed by atoms with Gasteiger partial charge in [-0.2, -0.15) is 0 Å². The van der Waals surface area contributed by atoms with Gasteiger partial charge in [-0.05, 0) is 36.1 Å². The fourth-order valence-corrected chi connectivity index (χ4v) is 2.35. The molecule has 1 aliphatic heterocycles. The van der Waals surface area contributed by atoms with Crippen molar-refractivity contribution in [1.82, 2.24) is 0 Å². The van der Waals surface area contributed by atoms with E-state index in [2.05, 4.69) is 12.1 Å². The molecule has 22 heavy (non-hydrogen) atoms. The fourth-order valence-electron chi connectivity index (χ4n) is 2.35. The van der Waals surface area contributed by atoms with Gasteiger partial charge in [0.2, 0.25) is 6.79 Å². The van der Waals surface area contributed by atoms with Crippen molar-refractivity contribution in [3.8, 4) is 11.5 Å². The van der Waals surface area contributed by atoms with Crippen LogP contribution < -0.4 is 9.47 Å². The number of rotatable bonds is 6. The second-order valence-electron chi connectivity index (χ2n) is 5.19. The third-order valence-corrected chi connectivity index (χ3v) is 3.53. The first kappa shape index (κ1) is 14.4. The lowest BCUT2D eigenvalue weighted by atomic mass is 10.1. The van der Waals surface area contributed by atoms with E-state index in [1.807, 2.05) is 36.4 Å². The Morgan fingerprint density at radius 2 is 1.82 bits per heavy atom. The van der Waals surface area contributed by atoms with Gasteiger partial charge in [0.15, 0.2) is 11.5 Å². The van der Waals surface area contributed by atoms with Crippen molar-refractivity contribution >= 4 is 5.97 Å². The largest absolute Gasteiger partial charge is 0.461 e. The van der Waals surface area contributed by atoms with E-state index in [0.29, 0.717) is 12.2 Å². The van der Waals surface area contributed by atoms with E-state index >= 15 is 0 Å². The zero-order valence-electron chi connectivity index (χ0n) is 12.3. The summed E-state index contributed by atoms with van der Waals surface area (Å²) in [5, 5.41) is 0. The first-order chi connectivity index (χ1) is 10.8. The molecule has 1 heterocycles. The number of carbonyl (C=O) groups is 1. The van der Waals surface area contributed by atoms with E-state index in [1.54, 1.807) is 0 Å². The highest BCUT2D eigenvalue weighted by molar-refractivity contribution is 5.69. The smallest absolute Gasteiger partial charge is 0.306 e. The van der Waals surface area contributed by atoms with Crippen LogP contribution in [0.4, 0.5) is 0 Å². The van der Waals surface area contributed by atoms with E-state index in [4.69, 9.17) is 14.2 Å². The molecule has 0 unspecified atom stereocenters. The lowest BCUT2D eigenvalue weighted by Crippen LogP contribution is -2.05. The number of ether oxygens (including phenoxy) is 3. The van der Waals surface area contributed by atoms with Gasteiger partial charge in [0, 0.05) is 6.42 Å². The highest BCUT2D eigenvalue weighted by atomic mass is 16.7. The maximum absolute atomic E-state index is 11.8. The molecule has 1 aliphatic rings. The van der Waals surface area contributed by atoms with Crippen LogP contribution >= 0.6 is 0 Å². The Labute approximate surface area is 129 Å². The molecule has 0 aliphatic carbocycles. The molecule has 0 saturated heterocycles. The number of carbonyl (C=O) groups excluding carboxylic acids is 1. The standard InChI is InChI=1S/C18H18O4/c19-18(8-4-7-14-5-2-1-3-6-14)20-12-15-9-10-16-17(11-15)22-13-21-16/h1-3,5-6,9-11H,4,7-8,12-13H2. The van der Waals surface area contributed by atoms with Crippen molar-refractivity contribution in [3.05, 3.63) is 59.7 Å². The molecular weight excluding hydrogens is 280 g/mol. The minimum absolute atomic E-state index is 0.173. The summed E-state index contributed by atoms with van der Waals surface area (Å²) in [6, 6.07) is 15.7. The van der Waals surface area contributed by atoms with Gasteiger partial charge in [-0.1, -0.05) is 36.4 Å². The third-order valence-electron chi connectivity index (χ3n) is 3.53. The maximum Gasteiger partial charge on any atom is 0.306 e. The molecule has 3 rings (SSSR count). The highest BCUT2D eigenvalue weighted by Crippen LogP contribution is 2.32. The summed E-state index contributed by atoms with van der Waals surface area (Å²) < 4.78 is 15.8. The number of fused-ring (bicyclic) bond motifs is 1. The Balaban J connectivity index is 1.41. The molecular formula is C18H18O4. The van der Waals surface area contributed by atoms with Gasteiger partial charge in [-0.25, -0.2) is 0 Å². The molecule has 4 nitrogen and oxygen atoms in total. The molecule has 4 heteroatoms. The molecule has 2 aromatic rings. The van der Waals surface area contributed by atoms with E-state index in [1.165, 1.54) is 5.56 Å². The minimum Gasteiger partial charge on any atom is -0.461 e. The zero-order chi connectivity index (χ0) is 15.2. The van der Waals surface area contributed by atoms with Gasteiger partial charge in [-0.15, -0.1) is 0 Å². The summed E-state index contributed by atoms with van der Waals surface area (Å²) in [5.74, 6) is 1.27. The first-order valence-corrected chi connectivity index (χ1v) is 7.39. The average Bonchev–Trinajstić information content (AvgIpc) is 3.01. The van der Waals surface area contributed by atoms with E-state index in [9.17, 15) is 4.79 Å². The predicted octanol–water partition coefficient (Wildman–Crippen LogP) is 3.48. The Bertz CT molecular complexity index is 637. The molecule has 0 atom stereocenters. The van der Waals surface area contributed by atoms with E-state index < -0.39 is 0 Å². The van der Waals surface area contributed by atoms with Gasteiger partial charge >= 0.3 is 5.97 Å². The molecule has 0 saturated carbocycles. The van der Waals surface area contributed by atoms with Gasteiger partial charge in [0.1, 0.15) is 6.61 Å². The van der Waals surface area contributed by atoms with Crippen LogP contribution in [-0.4, -0.2) is 12.8 Å². The van der Waals surface area contributed by atoms with E-state index in [0.717, 1.165) is 24.2 Å². The van der Waals surface area contributed by atoms with Crippen molar-refractivity contribution in [2.45, 2.75) is 25.9 Å². The topological polar surface area (TPSA) is 44.8 Å². The average molecular weight is 298 g/mol. The second-order valence-corrected chi connectivity index (χ2v) is 5.19. The summed E-state index contributed by atoms with van der Waals surface area (Å²) in [6.45, 7) is 0.513. The predicted molar refractivity (Wildman–Crippen MR) is 81.7 cm³/mol. The Morgan fingerprint density at radius 1 is 1.00 bits per heavy atom. The van der Waals surface area contributed by atoms with E-state index in [-0.39, 0.29) is 19.4 Å². The van der Waals surface area contributed by atoms with Crippen LogP contribution in [0.15, 0.2) is 48.5 Å². The van der Waals surface area contributed by atoms with Gasteiger partial charge in [0.05, 0.1) is 0 Å². The molecule has 0 amide bonds. The lowest BCUT2D eigenvalue weighted by molar-refractivity contribution is -0.145. The van der Waals surface area contributed by atoms with Crippen molar-refractivity contribution in [2.75, 3.05) is 6.79 Å². The quantitative estimate of drug-likeness (QED) is 0.766. The minimum atomic E-state index is -0.173. The molecule has 0 aromatic heterocycles. The van der Waals surface area contributed by atoms with Crippen LogP contribution in [0.25, 0.3) is 0 Å². The second kappa shape index (κ2) is 6.98. The van der Waals surface area contributed by atoms with Crippen molar-refractivity contribution in [1.29, 1.82) is 0 Å². The zero-order valence-corrected chi connectivity index (χ0v) is 12.3. The van der Waals surface area contributed by atoms with Crippen LogP contribution in [0.5, 0.6) is 11.5 Å². The number of aryl methyl sites for hydroxylation is 1. The first-order valence-electron chi connectivity index (χ1n) is 7.39. The van der Waals surface area contributed by atoms with Gasteiger partial charge < -0.3 is 14.2 Å². The lowest BCUT2D eigenvalue weighted by Gasteiger charge is -2.06. The summed E-state index contributed by atoms with van der Waals surface area (Å²) in [7, 11) is 0. The molecule has 0 radical (unpaired) electrons. The molecule has 2 aromatic carbocycles. The molecule has 0 spiro atoms. The summed E-state index contributed by atoms with van der Waals surface area (Å²) in [6.07, 6.45) is 2.11. The summed E-state index contributed by atoms with van der Waals surface area (Å²) in [4.78, 5) is 11.8. The maximum atomic E-state index is 11.8. The van der Waals surface area contributed by atoms with Crippen LogP contribution in [0.3, 0.4) is 0 Å². The molecule has 0 fully saturated rings. The highest BCUT2D eigenvalue weighted by Gasteiger charge is 2.13. The van der Waals surface area contributed by atoms with Crippen molar-refractivity contribution in [2.24, 2.45) is 0 Å². The Hall–Kier alpha value is -2.49. The van der Waals surface area contributed by atoms with Crippen LogP contribution in [-0.2, 0) is 22.6 Å².